The smallest absolute Gasteiger partial charge is 0.303 e. The van der Waals surface area contributed by atoms with Gasteiger partial charge < -0.3 is 20.0 Å². The second-order valence-electron chi connectivity index (χ2n) is 24.8. The van der Waals surface area contributed by atoms with Gasteiger partial charge in [-0.1, -0.05) is 259 Å². The highest BCUT2D eigenvalue weighted by Gasteiger charge is 2.35. The Bertz CT molecular complexity index is 1210. The van der Waals surface area contributed by atoms with Crippen molar-refractivity contribution < 1.29 is 19.8 Å². The maximum absolute atomic E-state index is 11.6. The van der Waals surface area contributed by atoms with Crippen molar-refractivity contribution in [2.75, 3.05) is 91.6 Å². The summed E-state index contributed by atoms with van der Waals surface area (Å²) in [6, 6.07) is 0. The molecule has 2 N–H and O–H groups in total. The van der Waals surface area contributed by atoms with Crippen LogP contribution in [0.5, 0.6) is 0 Å². The summed E-state index contributed by atoms with van der Waals surface area (Å²) < 4.78 is 0. The quantitative estimate of drug-likeness (QED) is 0.0578. The number of hydrogen-bond acceptors (Lipinski definition) is 7. The average Bonchev–Trinajstić information content (AvgIpc) is 3.42. The van der Waals surface area contributed by atoms with Crippen LogP contribution in [0.15, 0.2) is 0 Å². The summed E-state index contributed by atoms with van der Waals surface area (Å²) in [5, 5.41) is 18.9. The Morgan fingerprint density at radius 1 is 0.312 bits per heavy atom. The number of unbranched alkanes of at least 4 members (excludes halogenated alkanes) is 34. The third-order valence-corrected chi connectivity index (χ3v) is 17.9. The average molecular weight is 1090 g/mol. The molecule has 0 saturated carbocycles. The van der Waals surface area contributed by atoms with Gasteiger partial charge >= 0.3 is 11.9 Å². The molecule has 0 atom stereocenters. The van der Waals surface area contributed by atoms with Crippen LogP contribution < -0.4 is 0 Å². The van der Waals surface area contributed by atoms with E-state index in [1.807, 2.05) is 0 Å². The number of carboxylic acids is 2. The molecule has 0 aromatic rings. The van der Waals surface area contributed by atoms with Crippen LogP contribution >= 0.6 is 0 Å². The van der Waals surface area contributed by atoms with Crippen molar-refractivity contribution in [2.24, 2.45) is 0 Å². The maximum Gasteiger partial charge on any atom is 0.303 e. The minimum Gasteiger partial charge on any atom is -0.481 e. The van der Waals surface area contributed by atoms with Crippen molar-refractivity contribution in [2.45, 2.75) is 336 Å². The molecule has 9 heteroatoms. The molecule has 0 unspecified atom stereocenters. The largest absolute Gasteiger partial charge is 0.481 e. The maximum atomic E-state index is 11.6. The van der Waals surface area contributed by atoms with Gasteiger partial charge in [-0.3, -0.25) is 24.3 Å². The van der Waals surface area contributed by atoms with Gasteiger partial charge in [-0.05, 0) is 84.0 Å². The number of rotatable bonds is 62. The van der Waals surface area contributed by atoms with E-state index >= 15 is 0 Å². The van der Waals surface area contributed by atoms with Crippen LogP contribution in [0.3, 0.4) is 0 Å². The van der Waals surface area contributed by atoms with Gasteiger partial charge in [-0.2, -0.15) is 0 Å². The molecule has 0 aromatic heterocycles. The third-order valence-electron chi connectivity index (χ3n) is 17.9. The van der Waals surface area contributed by atoms with Gasteiger partial charge in [0.25, 0.3) is 0 Å². The SMILES string of the molecule is CCCCCCCCCCCCN(CCCCCCCCCCCC)CCN(CCCCCCCCCCCC)CCN1CCN(CCN(CCCCCC(=O)O)C(CCCCC)(CCCCC)CCCCC(=O)O)CC1. The molecule has 1 rings (SSSR count). The summed E-state index contributed by atoms with van der Waals surface area (Å²) >= 11 is 0. The van der Waals surface area contributed by atoms with E-state index in [0.29, 0.717) is 0 Å². The highest BCUT2D eigenvalue weighted by Crippen LogP contribution is 2.35. The van der Waals surface area contributed by atoms with E-state index in [9.17, 15) is 19.8 Å². The van der Waals surface area contributed by atoms with Crippen molar-refractivity contribution >= 4 is 11.9 Å². The lowest BCUT2D eigenvalue weighted by Gasteiger charge is -2.47. The molecule has 1 aliphatic rings. The summed E-state index contributed by atoms with van der Waals surface area (Å²) in [5.41, 5.74) is 0.0885. The van der Waals surface area contributed by atoms with Gasteiger partial charge in [-0.15, -0.1) is 0 Å². The van der Waals surface area contributed by atoms with Crippen molar-refractivity contribution in [1.29, 1.82) is 0 Å². The zero-order valence-electron chi connectivity index (χ0n) is 52.9. The molecule has 1 fully saturated rings. The van der Waals surface area contributed by atoms with Crippen LogP contribution in [-0.2, 0) is 9.59 Å². The number of nitrogens with zero attached hydrogens (tertiary/aromatic N) is 5. The molecule has 77 heavy (non-hydrogen) atoms. The van der Waals surface area contributed by atoms with E-state index in [0.717, 1.165) is 84.3 Å². The van der Waals surface area contributed by atoms with Crippen molar-refractivity contribution in [3.8, 4) is 0 Å². The fourth-order valence-corrected chi connectivity index (χ4v) is 12.5. The van der Waals surface area contributed by atoms with E-state index in [1.54, 1.807) is 0 Å². The molecule has 9 nitrogen and oxygen atoms in total. The Labute approximate surface area is 481 Å². The highest BCUT2D eigenvalue weighted by molar-refractivity contribution is 5.66. The Balaban J connectivity index is 3.03. The summed E-state index contributed by atoms with van der Waals surface area (Å²) in [7, 11) is 0. The van der Waals surface area contributed by atoms with Gasteiger partial charge in [0.2, 0.25) is 0 Å². The third kappa shape index (κ3) is 45.0. The molecule has 1 saturated heterocycles. The van der Waals surface area contributed by atoms with Crippen LogP contribution in [-0.4, -0.2) is 144 Å². The molecule has 0 aliphatic carbocycles. The minimum absolute atomic E-state index is 0.0885. The van der Waals surface area contributed by atoms with Gasteiger partial charge in [0, 0.05) is 83.8 Å². The van der Waals surface area contributed by atoms with Crippen LogP contribution in [0, 0.1) is 0 Å². The number of hydrogen-bond donors (Lipinski definition) is 2. The molecule has 0 aromatic carbocycles. The first-order chi connectivity index (χ1) is 37.7. The number of carbonyl (C=O) groups is 2. The normalized spacial score (nSPS) is 13.8. The number of carboxylic acid groups (broad SMARTS) is 2. The van der Waals surface area contributed by atoms with E-state index in [1.165, 1.54) is 290 Å². The molecule has 458 valence electrons. The summed E-state index contributed by atoms with van der Waals surface area (Å²) in [6.45, 7) is 27.9. The lowest BCUT2D eigenvalue weighted by Crippen LogP contribution is -2.54. The number of aliphatic carboxylic acids is 2. The summed E-state index contributed by atoms with van der Waals surface area (Å²) in [4.78, 5) is 37.1. The van der Waals surface area contributed by atoms with Gasteiger partial charge in [0.05, 0.1) is 0 Å². The van der Waals surface area contributed by atoms with Crippen molar-refractivity contribution in [1.82, 2.24) is 24.5 Å². The van der Waals surface area contributed by atoms with Crippen LogP contribution in [0.2, 0.25) is 0 Å². The van der Waals surface area contributed by atoms with Crippen molar-refractivity contribution in [3.05, 3.63) is 0 Å². The van der Waals surface area contributed by atoms with E-state index in [2.05, 4.69) is 59.1 Å². The minimum atomic E-state index is -0.689. The first kappa shape index (κ1) is 73.8. The molecular formula is C68H137N5O4. The summed E-state index contributed by atoms with van der Waals surface area (Å²) in [6.07, 6.45) is 57.9. The standard InChI is InChI=1S/C68H137N5O4/c1-6-11-16-19-22-25-28-31-34-43-52-69(53-44-35-32-29-26-23-20-17-12-7-2)56-57-70(54-45-36-33-30-27-24-21-18-13-8-3)58-59-71-60-62-72(63-61-71)64-65-73(55-46-37-38-47-66(74)75)68(49-40-14-9-4,50-41-15-10-5)51-42-39-48-67(76)77/h6-65H2,1-5H3,(H,74,75)(H,76,77). The summed E-state index contributed by atoms with van der Waals surface area (Å²) in [5.74, 6) is -1.37. The van der Waals surface area contributed by atoms with E-state index in [4.69, 9.17) is 0 Å². The van der Waals surface area contributed by atoms with E-state index in [-0.39, 0.29) is 18.4 Å². The Kier molecular flexibility index (Phi) is 53.0. The zero-order valence-corrected chi connectivity index (χ0v) is 52.9. The molecule has 0 spiro atoms. The van der Waals surface area contributed by atoms with Crippen LogP contribution in [0.1, 0.15) is 330 Å². The lowest BCUT2D eigenvalue weighted by molar-refractivity contribution is -0.138. The molecule has 0 radical (unpaired) electrons. The van der Waals surface area contributed by atoms with Crippen LogP contribution in [0.4, 0.5) is 0 Å². The van der Waals surface area contributed by atoms with Gasteiger partial charge in [0.15, 0.2) is 0 Å². The second-order valence-corrected chi connectivity index (χ2v) is 24.8. The molecule has 1 heterocycles. The molecule has 0 amide bonds. The predicted octanol–water partition coefficient (Wildman–Crippen LogP) is 18.5. The van der Waals surface area contributed by atoms with Crippen LogP contribution in [0.25, 0.3) is 0 Å². The fourth-order valence-electron chi connectivity index (χ4n) is 12.5. The Hall–Kier alpha value is -1.26. The lowest BCUT2D eigenvalue weighted by atomic mass is 9.80. The zero-order chi connectivity index (χ0) is 56.0. The fraction of sp³-hybridized carbons (Fsp3) is 0.971. The first-order valence-electron chi connectivity index (χ1n) is 34.8. The second kappa shape index (κ2) is 55.3. The molecular weight excluding hydrogens is 951 g/mol. The molecule has 1 aliphatic heterocycles. The van der Waals surface area contributed by atoms with E-state index < -0.39 is 11.9 Å². The molecule has 0 bridgehead atoms. The van der Waals surface area contributed by atoms with Gasteiger partial charge in [0.1, 0.15) is 0 Å². The first-order valence-corrected chi connectivity index (χ1v) is 34.8. The predicted molar refractivity (Wildman–Crippen MR) is 336 cm³/mol. The van der Waals surface area contributed by atoms with Gasteiger partial charge in [-0.25, -0.2) is 0 Å². The topological polar surface area (TPSA) is 90.8 Å². The number of piperazine rings is 1. The Morgan fingerprint density at radius 2 is 0.571 bits per heavy atom. The highest BCUT2D eigenvalue weighted by atomic mass is 16.4. The van der Waals surface area contributed by atoms with Crippen molar-refractivity contribution in [3.63, 3.8) is 0 Å². The Morgan fingerprint density at radius 3 is 0.922 bits per heavy atom. The monoisotopic (exact) mass is 1090 g/mol.